The summed E-state index contributed by atoms with van der Waals surface area (Å²) in [7, 11) is 0. The van der Waals surface area contributed by atoms with E-state index in [4.69, 9.17) is 4.74 Å². The van der Waals surface area contributed by atoms with E-state index in [1.54, 1.807) is 0 Å². The molecule has 0 aromatic heterocycles. The van der Waals surface area contributed by atoms with Crippen LogP contribution in [-0.2, 0) is 14.3 Å². The SMILES string of the molecule is O=C(CNC(=O)c1cccc([N+](=O)[O-])c1)O[C@H]1CCCCC1=O. The highest BCUT2D eigenvalue weighted by Gasteiger charge is 2.25. The Hall–Kier alpha value is -2.77. The van der Waals surface area contributed by atoms with Gasteiger partial charge in [0.25, 0.3) is 11.6 Å². The Morgan fingerprint density at radius 3 is 2.83 bits per heavy atom. The van der Waals surface area contributed by atoms with Crippen LogP contribution in [0.2, 0.25) is 0 Å². The largest absolute Gasteiger partial charge is 0.453 e. The van der Waals surface area contributed by atoms with Gasteiger partial charge in [-0.2, -0.15) is 0 Å². The Balaban J connectivity index is 1.86. The molecule has 23 heavy (non-hydrogen) atoms. The maximum atomic E-state index is 11.9. The molecule has 1 aliphatic rings. The first-order valence-electron chi connectivity index (χ1n) is 7.22. The van der Waals surface area contributed by atoms with Crippen LogP contribution in [-0.4, -0.2) is 35.2 Å². The lowest BCUT2D eigenvalue weighted by Gasteiger charge is -2.20. The summed E-state index contributed by atoms with van der Waals surface area (Å²) in [5.41, 5.74) is -0.145. The van der Waals surface area contributed by atoms with Crippen molar-refractivity contribution in [3.8, 4) is 0 Å². The fraction of sp³-hybridized carbons (Fsp3) is 0.400. The fourth-order valence-corrected chi connectivity index (χ4v) is 2.29. The van der Waals surface area contributed by atoms with E-state index in [2.05, 4.69) is 5.32 Å². The van der Waals surface area contributed by atoms with E-state index < -0.39 is 29.4 Å². The lowest BCUT2D eigenvalue weighted by atomic mass is 9.96. The smallest absolute Gasteiger partial charge is 0.326 e. The minimum absolute atomic E-state index is 0.0701. The third-order valence-electron chi connectivity index (χ3n) is 3.48. The molecular formula is C15H16N2O6. The highest BCUT2D eigenvalue weighted by molar-refractivity contribution is 5.96. The van der Waals surface area contributed by atoms with E-state index in [1.807, 2.05) is 0 Å². The van der Waals surface area contributed by atoms with Crippen LogP contribution in [0.1, 0.15) is 36.0 Å². The summed E-state index contributed by atoms with van der Waals surface area (Å²) in [5, 5.41) is 13.0. The number of esters is 1. The van der Waals surface area contributed by atoms with Crippen molar-refractivity contribution in [2.75, 3.05) is 6.54 Å². The third kappa shape index (κ3) is 4.60. The minimum atomic E-state index is -0.731. The molecule has 1 N–H and O–H groups in total. The van der Waals surface area contributed by atoms with Crippen molar-refractivity contribution in [3.05, 3.63) is 39.9 Å². The molecule has 0 aliphatic heterocycles. The number of amides is 1. The van der Waals surface area contributed by atoms with Crippen LogP contribution < -0.4 is 5.32 Å². The topological polar surface area (TPSA) is 116 Å². The normalized spacial score (nSPS) is 17.4. The molecule has 1 fully saturated rings. The quantitative estimate of drug-likeness (QED) is 0.498. The number of nitro benzene ring substituents is 1. The van der Waals surface area contributed by atoms with Gasteiger partial charge in [0, 0.05) is 24.1 Å². The predicted molar refractivity (Wildman–Crippen MR) is 78.8 cm³/mol. The first kappa shape index (κ1) is 16.6. The average Bonchev–Trinajstić information content (AvgIpc) is 2.55. The zero-order valence-electron chi connectivity index (χ0n) is 12.3. The highest BCUT2D eigenvalue weighted by Crippen LogP contribution is 2.17. The molecule has 1 amide bonds. The van der Waals surface area contributed by atoms with Crippen LogP contribution in [0.4, 0.5) is 5.69 Å². The molecule has 1 aliphatic carbocycles. The van der Waals surface area contributed by atoms with Crippen LogP contribution in [0.25, 0.3) is 0 Å². The molecule has 122 valence electrons. The number of ketones is 1. The Bertz CT molecular complexity index is 643. The molecule has 0 unspecified atom stereocenters. The number of nitrogens with zero attached hydrogens (tertiary/aromatic N) is 1. The lowest BCUT2D eigenvalue weighted by molar-refractivity contribution is -0.384. The van der Waals surface area contributed by atoms with Crippen LogP contribution in [0.5, 0.6) is 0 Å². The molecule has 8 heteroatoms. The van der Waals surface area contributed by atoms with Gasteiger partial charge in [-0.15, -0.1) is 0 Å². The van der Waals surface area contributed by atoms with Gasteiger partial charge in [0.2, 0.25) is 0 Å². The molecule has 1 aromatic carbocycles. The molecule has 1 saturated carbocycles. The number of hydrogen-bond acceptors (Lipinski definition) is 6. The molecule has 0 saturated heterocycles. The number of carbonyl (C=O) groups is 3. The molecule has 1 atom stereocenters. The molecule has 0 radical (unpaired) electrons. The monoisotopic (exact) mass is 320 g/mol. The van der Waals surface area contributed by atoms with Crippen molar-refractivity contribution in [1.82, 2.24) is 5.32 Å². The summed E-state index contributed by atoms with van der Waals surface area (Å²) in [6, 6.07) is 5.16. The predicted octanol–water partition coefficient (Wildman–Crippen LogP) is 1.38. The maximum Gasteiger partial charge on any atom is 0.326 e. The van der Waals surface area contributed by atoms with Gasteiger partial charge in [-0.1, -0.05) is 6.07 Å². The number of nitro groups is 1. The zero-order valence-corrected chi connectivity index (χ0v) is 12.3. The number of non-ortho nitro benzene ring substituents is 1. The van der Waals surface area contributed by atoms with Gasteiger partial charge in [-0.3, -0.25) is 24.5 Å². The molecule has 0 heterocycles. The van der Waals surface area contributed by atoms with Crippen molar-refractivity contribution < 1.29 is 24.0 Å². The van der Waals surface area contributed by atoms with Crippen molar-refractivity contribution in [2.45, 2.75) is 31.8 Å². The van der Waals surface area contributed by atoms with Gasteiger partial charge < -0.3 is 10.1 Å². The molecule has 1 aromatic rings. The highest BCUT2D eigenvalue weighted by atomic mass is 16.6. The van der Waals surface area contributed by atoms with Gasteiger partial charge in [0.05, 0.1) is 4.92 Å². The van der Waals surface area contributed by atoms with Gasteiger partial charge in [0.15, 0.2) is 11.9 Å². The van der Waals surface area contributed by atoms with Crippen LogP contribution in [0, 0.1) is 10.1 Å². The van der Waals surface area contributed by atoms with Crippen LogP contribution >= 0.6 is 0 Å². The van der Waals surface area contributed by atoms with E-state index in [-0.39, 0.29) is 17.0 Å². The first-order chi connectivity index (χ1) is 11.0. The van der Waals surface area contributed by atoms with Gasteiger partial charge >= 0.3 is 5.97 Å². The van der Waals surface area contributed by atoms with Gasteiger partial charge in [-0.05, 0) is 25.3 Å². The molecular weight excluding hydrogens is 304 g/mol. The second-order valence-corrected chi connectivity index (χ2v) is 5.18. The summed E-state index contributed by atoms with van der Waals surface area (Å²) in [6.07, 6.45) is 1.80. The van der Waals surface area contributed by atoms with Crippen molar-refractivity contribution in [1.29, 1.82) is 0 Å². The van der Waals surface area contributed by atoms with E-state index in [1.165, 1.54) is 18.2 Å². The van der Waals surface area contributed by atoms with Crippen LogP contribution in [0.3, 0.4) is 0 Å². The standard InChI is InChI=1S/C15H16N2O6/c18-12-6-1-2-7-13(12)23-14(19)9-16-15(20)10-4-3-5-11(8-10)17(21)22/h3-5,8,13H,1-2,6-7,9H2,(H,16,20)/t13-/m0/s1. The Morgan fingerprint density at radius 1 is 1.35 bits per heavy atom. The Kier molecular flexibility index (Phi) is 5.40. The zero-order chi connectivity index (χ0) is 16.8. The minimum Gasteiger partial charge on any atom is -0.453 e. The number of Topliss-reactive ketones (excluding diaryl/α,β-unsaturated/α-hetero) is 1. The second-order valence-electron chi connectivity index (χ2n) is 5.18. The molecule has 0 spiro atoms. The Labute approximate surface area is 132 Å². The number of hydrogen-bond donors (Lipinski definition) is 1. The van der Waals surface area contributed by atoms with Crippen molar-refractivity contribution in [3.63, 3.8) is 0 Å². The van der Waals surface area contributed by atoms with E-state index in [0.717, 1.165) is 18.9 Å². The van der Waals surface area contributed by atoms with E-state index in [0.29, 0.717) is 12.8 Å². The number of benzene rings is 1. The summed E-state index contributed by atoms with van der Waals surface area (Å²) >= 11 is 0. The average molecular weight is 320 g/mol. The van der Waals surface area contributed by atoms with Crippen molar-refractivity contribution >= 4 is 23.3 Å². The van der Waals surface area contributed by atoms with Crippen LogP contribution in [0.15, 0.2) is 24.3 Å². The van der Waals surface area contributed by atoms with Gasteiger partial charge in [0.1, 0.15) is 6.54 Å². The molecule has 0 bridgehead atoms. The summed E-state index contributed by atoms with van der Waals surface area (Å²) in [6.45, 7) is -0.398. The van der Waals surface area contributed by atoms with Gasteiger partial charge in [-0.25, -0.2) is 0 Å². The fourth-order valence-electron chi connectivity index (χ4n) is 2.29. The van der Waals surface area contributed by atoms with Crippen molar-refractivity contribution in [2.24, 2.45) is 0 Å². The summed E-state index contributed by atoms with van der Waals surface area (Å²) < 4.78 is 5.04. The number of rotatable bonds is 5. The summed E-state index contributed by atoms with van der Waals surface area (Å²) in [5.74, 6) is -1.43. The molecule has 8 nitrogen and oxygen atoms in total. The third-order valence-corrected chi connectivity index (χ3v) is 3.48. The number of nitrogens with one attached hydrogen (secondary N) is 1. The first-order valence-corrected chi connectivity index (χ1v) is 7.22. The lowest BCUT2D eigenvalue weighted by Crippen LogP contribution is -2.36. The number of ether oxygens (including phenoxy) is 1. The molecule has 2 rings (SSSR count). The van der Waals surface area contributed by atoms with E-state index >= 15 is 0 Å². The second kappa shape index (κ2) is 7.48. The van der Waals surface area contributed by atoms with E-state index in [9.17, 15) is 24.5 Å². The summed E-state index contributed by atoms with van der Waals surface area (Å²) in [4.78, 5) is 45.2. The maximum absolute atomic E-state index is 11.9. The number of carbonyl (C=O) groups excluding carboxylic acids is 3. The Morgan fingerprint density at radius 2 is 2.13 bits per heavy atom.